The maximum atomic E-state index is 11.1. The molecule has 0 aliphatic carbocycles. The minimum absolute atomic E-state index is 0.156. The average molecular weight is 256 g/mol. The van der Waals surface area contributed by atoms with Crippen LogP contribution in [0.25, 0.3) is 10.9 Å². The lowest BCUT2D eigenvalue weighted by atomic mass is 10.7. The van der Waals surface area contributed by atoms with Crippen LogP contribution in [0.4, 0.5) is 0 Å². The van der Waals surface area contributed by atoms with Gasteiger partial charge in [-0.1, -0.05) is 30.3 Å². The van der Waals surface area contributed by atoms with Crippen molar-refractivity contribution >= 4 is 17.3 Å². The highest BCUT2D eigenvalue weighted by molar-refractivity contribution is 7.16. The number of hydrogen-bond acceptors (Lipinski definition) is 8. The fourth-order valence-electron chi connectivity index (χ4n) is 0.863. The highest BCUT2D eigenvalue weighted by Gasteiger charge is 2.17. The number of aromatic nitrogens is 4. The minimum atomic E-state index is -0.532. The van der Waals surface area contributed by atoms with Crippen LogP contribution in [0.1, 0.15) is 29.5 Å². The van der Waals surface area contributed by atoms with E-state index in [9.17, 15) is 4.79 Å². The second-order valence-electron chi connectivity index (χ2n) is 2.55. The monoisotopic (exact) mass is 256 g/mol. The predicted molar refractivity (Wildman–Crippen MR) is 60.6 cm³/mol. The van der Waals surface area contributed by atoms with Crippen molar-refractivity contribution in [2.45, 2.75) is 20.8 Å². The Kier molecular flexibility index (Phi) is 4.70. The van der Waals surface area contributed by atoms with E-state index in [4.69, 9.17) is 4.52 Å². The molecule has 2 aromatic heterocycles. The summed E-state index contributed by atoms with van der Waals surface area (Å²) >= 11 is 1.04. The molecule has 92 valence electrons. The van der Waals surface area contributed by atoms with Gasteiger partial charge in [0.25, 0.3) is 5.89 Å². The van der Waals surface area contributed by atoms with E-state index < -0.39 is 5.97 Å². The van der Waals surface area contributed by atoms with Gasteiger partial charge < -0.3 is 9.26 Å². The van der Waals surface area contributed by atoms with E-state index in [0.717, 1.165) is 11.3 Å². The van der Waals surface area contributed by atoms with Gasteiger partial charge in [-0.05, 0) is 6.92 Å². The zero-order chi connectivity index (χ0) is 12.8. The summed E-state index contributed by atoms with van der Waals surface area (Å²) < 4.78 is 9.36. The van der Waals surface area contributed by atoms with Gasteiger partial charge in [-0.25, -0.2) is 4.79 Å². The molecule has 2 heterocycles. The molecule has 0 atom stereocenters. The molecule has 0 amide bonds. The molecule has 0 aliphatic rings. The molecule has 0 aliphatic heterocycles. The van der Waals surface area contributed by atoms with Gasteiger partial charge in [0.15, 0.2) is 5.82 Å². The third kappa shape index (κ3) is 3.06. The number of esters is 1. The Morgan fingerprint density at radius 2 is 2.06 bits per heavy atom. The number of rotatable bonds is 2. The number of carbonyl (C=O) groups is 1. The first-order valence-electron chi connectivity index (χ1n) is 4.93. The van der Waals surface area contributed by atoms with E-state index >= 15 is 0 Å². The number of hydrogen-bond donors (Lipinski definition) is 0. The van der Waals surface area contributed by atoms with Crippen LogP contribution in [0.3, 0.4) is 0 Å². The number of nitrogens with zero attached hydrogens (tertiary/aromatic N) is 4. The van der Waals surface area contributed by atoms with Crippen molar-refractivity contribution in [3.8, 4) is 10.9 Å². The Labute approximate surface area is 102 Å². The van der Waals surface area contributed by atoms with Gasteiger partial charge in [0.05, 0.1) is 7.11 Å². The minimum Gasteiger partial charge on any atom is -0.464 e. The van der Waals surface area contributed by atoms with Crippen LogP contribution in [0, 0.1) is 6.92 Å². The van der Waals surface area contributed by atoms with Gasteiger partial charge in [0.1, 0.15) is 0 Å². The first-order valence-corrected chi connectivity index (χ1v) is 5.75. The summed E-state index contributed by atoms with van der Waals surface area (Å²) in [5.41, 5.74) is 0. The largest absolute Gasteiger partial charge is 0.464 e. The lowest BCUT2D eigenvalue weighted by Gasteiger charge is -1.88. The second kappa shape index (κ2) is 6.04. The van der Waals surface area contributed by atoms with Crippen molar-refractivity contribution in [2.75, 3.05) is 7.11 Å². The van der Waals surface area contributed by atoms with Crippen molar-refractivity contribution in [1.82, 2.24) is 20.3 Å². The summed E-state index contributed by atoms with van der Waals surface area (Å²) in [4.78, 5) is 15.0. The summed E-state index contributed by atoms with van der Waals surface area (Å²) in [7, 11) is 1.28. The molecule has 0 radical (unpaired) electrons. The van der Waals surface area contributed by atoms with Gasteiger partial charge in [-0.3, -0.25) is 0 Å². The van der Waals surface area contributed by atoms with Crippen LogP contribution >= 0.6 is 11.3 Å². The van der Waals surface area contributed by atoms with Crippen LogP contribution in [0.5, 0.6) is 0 Å². The summed E-state index contributed by atoms with van der Waals surface area (Å²) in [6, 6.07) is 0. The van der Waals surface area contributed by atoms with Crippen LogP contribution in [0.2, 0.25) is 0 Å². The molecule has 7 nitrogen and oxygen atoms in total. The zero-order valence-corrected chi connectivity index (χ0v) is 10.7. The number of aryl methyl sites for hydroxylation is 1. The summed E-state index contributed by atoms with van der Waals surface area (Å²) in [6.07, 6.45) is 0. The quantitative estimate of drug-likeness (QED) is 0.755. The maximum Gasteiger partial charge on any atom is 0.369 e. The van der Waals surface area contributed by atoms with Gasteiger partial charge in [-0.2, -0.15) is 4.98 Å². The summed E-state index contributed by atoms with van der Waals surface area (Å²) in [5.74, 6) is 0.218. The molecule has 17 heavy (non-hydrogen) atoms. The Bertz CT molecular complexity index is 494. The van der Waals surface area contributed by atoms with Gasteiger partial charge in [0, 0.05) is 0 Å². The Balaban J connectivity index is 0.000000686. The van der Waals surface area contributed by atoms with Crippen molar-refractivity contribution in [3.63, 3.8) is 0 Å². The van der Waals surface area contributed by atoms with Crippen molar-refractivity contribution in [3.05, 3.63) is 10.8 Å². The molecule has 0 spiro atoms. The third-order valence-corrected chi connectivity index (χ3v) is 2.39. The average Bonchev–Trinajstić information content (AvgIpc) is 2.99. The molecular weight excluding hydrogens is 244 g/mol. The third-order valence-electron chi connectivity index (χ3n) is 1.50. The maximum absolute atomic E-state index is 11.1. The fraction of sp³-hybridized carbons (Fsp3) is 0.444. The van der Waals surface area contributed by atoms with E-state index in [1.165, 1.54) is 7.11 Å². The van der Waals surface area contributed by atoms with Gasteiger partial charge in [-0.15, -0.1) is 10.2 Å². The number of methoxy groups -OCH3 is 1. The molecule has 0 fully saturated rings. The number of ether oxygens (including phenoxy) is 1. The smallest absolute Gasteiger partial charge is 0.369 e. The lowest BCUT2D eigenvalue weighted by molar-refractivity contribution is 0.0599. The van der Waals surface area contributed by atoms with E-state index in [0.29, 0.717) is 10.8 Å². The molecule has 0 unspecified atom stereocenters. The molecule has 2 rings (SSSR count). The van der Waals surface area contributed by atoms with E-state index in [1.807, 2.05) is 13.8 Å². The van der Waals surface area contributed by atoms with Crippen molar-refractivity contribution in [2.24, 2.45) is 0 Å². The highest BCUT2D eigenvalue weighted by Crippen LogP contribution is 2.21. The highest BCUT2D eigenvalue weighted by atomic mass is 32.1. The topological polar surface area (TPSA) is 91.0 Å². The standard InChI is InChI=1S/C7H6N4O3S.C2H6/c1-3-8-4(14-11-3)5-9-10-6(15-5)7(12)13-2;1-2/h1-2H3;1-2H3. The first-order chi connectivity index (χ1) is 8.20. The Morgan fingerprint density at radius 3 is 2.59 bits per heavy atom. The van der Waals surface area contributed by atoms with E-state index in [-0.39, 0.29) is 10.9 Å². The van der Waals surface area contributed by atoms with E-state index in [2.05, 4.69) is 25.1 Å². The van der Waals surface area contributed by atoms with Crippen LogP contribution in [-0.4, -0.2) is 33.4 Å². The molecule has 0 aromatic carbocycles. The molecule has 0 bridgehead atoms. The molecule has 0 saturated carbocycles. The number of carbonyl (C=O) groups excluding carboxylic acids is 1. The molecule has 2 aromatic rings. The predicted octanol–water partition coefficient (Wildman–Crippen LogP) is 1.71. The van der Waals surface area contributed by atoms with Gasteiger partial charge >= 0.3 is 5.97 Å². The first kappa shape index (κ1) is 13.2. The Hall–Kier alpha value is -1.83. The van der Waals surface area contributed by atoms with Crippen molar-refractivity contribution < 1.29 is 14.1 Å². The molecular formula is C9H12N4O3S. The molecule has 8 heteroatoms. The van der Waals surface area contributed by atoms with Gasteiger partial charge in [0.2, 0.25) is 10.0 Å². The van der Waals surface area contributed by atoms with Crippen molar-refractivity contribution in [1.29, 1.82) is 0 Å². The summed E-state index contributed by atoms with van der Waals surface area (Å²) in [6.45, 7) is 5.69. The van der Waals surface area contributed by atoms with Crippen LogP contribution < -0.4 is 0 Å². The fourth-order valence-corrected chi connectivity index (χ4v) is 1.55. The molecule has 0 saturated heterocycles. The Morgan fingerprint density at radius 1 is 1.35 bits per heavy atom. The van der Waals surface area contributed by atoms with Crippen LogP contribution in [-0.2, 0) is 4.74 Å². The normalized spacial score (nSPS) is 9.41. The van der Waals surface area contributed by atoms with E-state index in [1.54, 1.807) is 6.92 Å². The summed E-state index contributed by atoms with van der Waals surface area (Å²) in [5, 5.41) is 11.5. The molecule has 0 N–H and O–H groups in total. The zero-order valence-electron chi connectivity index (χ0n) is 9.92. The lowest BCUT2D eigenvalue weighted by Crippen LogP contribution is -1.99. The van der Waals surface area contributed by atoms with Crippen LogP contribution in [0.15, 0.2) is 4.52 Å². The SMILES string of the molecule is CC.COC(=O)c1nnc(-c2nc(C)no2)s1. The second-order valence-corrected chi connectivity index (χ2v) is 3.53.